The van der Waals surface area contributed by atoms with E-state index in [0.717, 1.165) is 18.5 Å². The van der Waals surface area contributed by atoms with E-state index in [9.17, 15) is 4.79 Å². The molecular formula is C15H24N2O. The van der Waals surface area contributed by atoms with Crippen LogP contribution in [0.2, 0.25) is 0 Å². The number of amides is 1. The predicted octanol–water partition coefficient (Wildman–Crippen LogP) is 3.28. The van der Waals surface area contributed by atoms with Gasteiger partial charge >= 0.3 is 0 Å². The van der Waals surface area contributed by atoms with E-state index in [4.69, 9.17) is 0 Å². The Bertz CT molecular complexity index is 369. The number of benzene rings is 1. The summed E-state index contributed by atoms with van der Waals surface area (Å²) >= 11 is 0. The van der Waals surface area contributed by atoms with E-state index in [2.05, 4.69) is 31.4 Å². The van der Waals surface area contributed by atoms with Gasteiger partial charge in [0, 0.05) is 24.3 Å². The quantitative estimate of drug-likeness (QED) is 0.811. The molecule has 0 bridgehead atoms. The van der Waals surface area contributed by atoms with Crippen LogP contribution in [0.15, 0.2) is 24.3 Å². The lowest BCUT2D eigenvalue weighted by atomic mass is 9.95. The lowest BCUT2D eigenvalue weighted by Gasteiger charge is -2.22. The average molecular weight is 248 g/mol. The molecule has 1 aromatic rings. The summed E-state index contributed by atoms with van der Waals surface area (Å²) in [5.41, 5.74) is 1.73. The molecule has 100 valence electrons. The summed E-state index contributed by atoms with van der Waals surface area (Å²) in [5, 5.41) is 6.11. The number of carbonyl (C=O) groups excluding carboxylic acids is 1. The molecule has 2 N–H and O–H groups in total. The van der Waals surface area contributed by atoms with Crippen LogP contribution in [-0.2, 0) is 0 Å². The molecule has 0 aromatic heterocycles. The van der Waals surface area contributed by atoms with Gasteiger partial charge in [-0.15, -0.1) is 0 Å². The summed E-state index contributed by atoms with van der Waals surface area (Å²) in [6, 6.07) is 7.74. The van der Waals surface area contributed by atoms with Crippen LogP contribution in [0.25, 0.3) is 0 Å². The smallest absolute Gasteiger partial charge is 0.251 e. The van der Waals surface area contributed by atoms with E-state index in [-0.39, 0.29) is 11.9 Å². The highest BCUT2D eigenvalue weighted by atomic mass is 16.1. The van der Waals surface area contributed by atoms with E-state index in [1.165, 1.54) is 0 Å². The van der Waals surface area contributed by atoms with Crippen LogP contribution in [0, 0.1) is 5.92 Å². The summed E-state index contributed by atoms with van der Waals surface area (Å²) in [4.78, 5) is 12.1. The van der Waals surface area contributed by atoms with Crippen molar-refractivity contribution in [3.8, 4) is 0 Å². The molecule has 0 fully saturated rings. The molecule has 0 spiro atoms. The van der Waals surface area contributed by atoms with Gasteiger partial charge in [-0.3, -0.25) is 4.79 Å². The Kier molecular flexibility index (Phi) is 5.69. The Morgan fingerprint density at radius 2 is 1.72 bits per heavy atom. The van der Waals surface area contributed by atoms with Crippen molar-refractivity contribution in [2.24, 2.45) is 5.92 Å². The second-order valence-electron chi connectivity index (χ2n) is 4.67. The first kappa shape index (κ1) is 14.6. The van der Waals surface area contributed by atoms with Crippen molar-refractivity contribution >= 4 is 11.6 Å². The third kappa shape index (κ3) is 3.76. The standard InChI is InChI=1S/C15H24N2O/c1-5-12(6-2)11(3)17-15(18)13-7-9-14(16-4)10-8-13/h7-12,16H,5-6H2,1-4H3,(H,17,18). The van der Waals surface area contributed by atoms with Gasteiger partial charge in [-0.1, -0.05) is 26.7 Å². The van der Waals surface area contributed by atoms with E-state index in [1.807, 2.05) is 31.3 Å². The fourth-order valence-electron chi connectivity index (χ4n) is 2.19. The first-order valence-corrected chi connectivity index (χ1v) is 6.71. The van der Waals surface area contributed by atoms with Crippen molar-refractivity contribution in [2.45, 2.75) is 39.7 Å². The average Bonchev–Trinajstić information content (AvgIpc) is 2.40. The molecular weight excluding hydrogens is 224 g/mol. The second-order valence-corrected chi connectivity index (χ2v) is 4.67. The van der Waals surface area contributed by atoms with Crippen molar-refractivity contribution in [1.29, 1.82) is 0 Å². The molecule has 0 aliphatic carbocycles. The van der Waals surface area contributed by atoms with Gasteiger partial charge in [0.1, 0.15) is 0 Å². The predicted molar refractivity (Wildman–Crippen MR) is 77.0 cm³/mol. The lowest BCUT2D eigenvalue weighted by molar-refractivity contribution is 0.0925. The maximum Gasteiger partial charge on any atom is 0.251 e. The Labute approximate surface area is 110 Å². The molecule has 3 nitrogen and oxygen atoms in total. The van der Waals surface area contributed by atoms with Crippen LogP contribution < -0.4 is 10.6 Å². The summed E-state index contributed by atoms with van der Waals surface area (Å²) in [7, 11) is 1.87. The zero-order valence-electron chi connectivity index (χ0n) is 11.8. The number of nitrogens with one attached hydrogen (secondary N) is 2. The van der Waals surface area contributed by atoms with Crippen molar-refractivity contribution in [1.82, 2.24) is 5.32 Å². The number of hydrogen-bond donors (Lipinski definition) is 2. The van der Waals surface area contributed by atoms with Crippen molar-refractivity contribution in [3.05, 3.63) is 29.8 Å². The first-order chi connectivity index (χ1) is 8.62. The molecule has 18 heavy (non-hydrogen) atoms. The van der Waals surface area contributed by atoms with Crippen molar-refractivity contribution < 1.29 is 4.79 Å². The topological polar surface area (TPSA) is 41.1 Å². The molecule has 1 rings (SSSR count). The second kappa shape index (κ2) is 7.04. The summed E-state index contributed by atoms with van der Waals surface area (Å²) in [6.45, 7) is 6.41. The van der Waals surface area contributed by atoms with Gasteiger partial charge in [0.15, 0.2) is 0 Å². The summed E-state index contributed by atoms with van der Waals surface area (Å²) in [6.07, 6.45) is 2.19. The van der Waals surface area contributed by atoms with Crippen LogP contribution in [0.3, 0.4) is 0 Å². The van der Waals surface area contributed by atoms with Crippen LogP contribution in [0.1, 0.15) is 44.0 Å². The molecule has 0 aliphatic heterocycles. The number of anilines is 1. The minimum absolute atomic E-state index is 0.0112. The van der Waals surface area contributed by atoms with E-state index in [0.29, 0.717) is 11.5 Å². The van der Waals surface area contributed by atoms with E-state index in [1.54, 1.807) is 0 Å². The zero-order chi connectivity index (χ0) is 13.5. The van der Waals surface area contributed by atoms with Gasteiger partial charge in [0.2, 0.25) is 0 Å². The van der Waals surface area contributed by atoms with Gasteiger partial charge in [-0.2, -0.15) is 0 Å². The van der Waals surface area contributed by atoms with Gasteiger partial charge in [0.25, 0.3) is 5.91 Å². The largest absolute Gasteiger partial charge is 0.388 e. The lowest BCUT2D eigenvalue weighted by Crippen LogP contribution is -2.37. The Balaban J connectivity index is 2.64. The highest BCUT2D eigenvalue weighted by Gasteiger charge is 2.16. The molecule has 0 heterocycles. The SMILES string of the molecule is CCC(CC)C(C)NC(=O)c1ccc(NC)cc1. The van der Waals surface area contributed by atoms with E-state index >= 15 is 0 Å². The van der Waals surface area contributed by atoms with Gasteiger partial charge in [0.05, 0.1) is 0 Å². The van der Waals surface area contributed by atoms with Crippen LogP contribution in [-0.4, -0.2) is 19.0 Å². The Morgan fingerprint density at radius 3 is 2.17 bits per heavy atom. The molecule has 0 aliphatic rings. The van der Waals surface area contributed by atoms with Crippen molar-refractivity contribution in [2.75, 3.05) is 12.4 Å². The molecule has 1 unspecified atom stereocenters. The minimum Gasteiger partial charge on any atom is -0.388 e. The summed E-state index contributed by atoms with van der Waals surface area (Å²) < 4.78 is 0. The minimum atomic E-state index is 0.0112. The molecule has 1 aromatic carbocycles. The van der Waals surface area contributed by atoms with Gasteiger partial charge < -0.3 is 10.6 Å². The third-order valence-electron chi connectivity index (χ3n) is 3.55. The Hall–Kier alpha value is -1.51. The molecule has 1 atom stereocenters. The van der Waals surface area contributed by atoms with Gasteiger partial charge in [-0.25, -0.2) is 0 Å². The Morgan fingerprint density at radius 1 is 1.17 bits per heavy atom. The van der Waals surface area contributed by atoms with Crippen molar-refractivity contribution in [3.63, 3.8) is 0 Å². The molecule has 1 amide bonds. The van der Waals surface area contributed by atoms with E-state index < -0.39 is 0 Å². The van der Waals surface area contributed by atoms with Crippen LogP contribution >= 0.6 is 0 Å². The normalized spacial score (nSPS) is 12.3. The monoisotopic (exact) mass is 248 g/mol. The highest BCUT2D eigenvalue weighted by Crippen LogP contribution is 2.14. The third-order valence-corrected chi connectivity index (χ3v) is 3.55. The molecule has 0 saturated carbocycles. The fourth-order valence-corrected chi connectivity index (χ4v) is 2.19. The number of carbonyl (C=O) groups is 1. The highest BCUT2D eigenvalue weighted by molar-refractivity contribution is 5.94. The fraction of sp³-hybridized carbons (Fsp3) is 0.533. The molecule has 3 heteroatoms. The van der Waals surface area contributed by atoms with Crippen LogP contribution in [0.4, 0.5) is 5.69 Å². The molecule has 0 saturated heterocycles. The maximum absolute atomic E-state index is 12.1. The number of rotatable bonds is 6. The molecule has 0 radical (unpaired) electrons. The summed E-state index contributed by atoms with van der Waals surface area (Å²) in [5.74, 6) is 0.558. The van der Waals surface area contributed by atoms with Crippen LogP contribution in [0.5, 0.6) is 0 Å². The maximum atomic E-state index is 12.1. The number of hydrogen-bond acceptors (Lipinski definition) is 2. The zero-order valence-corrected chi connectivity index (χ0v) is 11.8. The van der Waals surface area contributed by atoms with Gasteiger partial charge in [-0.05, 0) is 37.1 Å². The first-order valence-electron chi connectivity index (χ1n) is 6.71.